The van der Waals surface area contributed by atoms with Gasteiger partial charge in [0.05, 0.1) is 0 Å². The standard InChI is InChI=1S/C32H52N5O2/c33-36-35-22-9-5-8-12-26-39-28-16-20-32-18-14-24-37(30-32)23-10-6-3-1-2-4-7-11-25-38-27-15-19-31-17-13-21-34-29-31/h13-14,17-18,21,24,29-30H,1-12,15-16,19-20,22-23,25-28H2/q+1. The minimum absolute atomic E-state index is 0.612. The van der Waals surface area contributed by atoms with Gasteiger partial charge in [-0.2, -0.15) is 0 Å². The highest BCUT2D eigenvalue weighted by Gasteiger charge is 2.03. The lowest BCUT2D eigenvalue weighted by Crippen LogP contribution is -2.33. The monoisotopic (exact) mass is 538 g/mol. The molecule has 39 heavy (non-hydrogen) atoms. The summed E-state index contributed by atoms with van der Waals surface area (Å²) in [5, 5.41) is 3.56. The summed E-state index contributed by atoms with van der Waals surface area (Å²) >= 11 is 0. The van der Waals surface area contributed by atoms with Gasteiger partial charge in [-0.15, -0.1) is 0 Å². The predicted octanol–water partition coefficient (Wildman–Crippen LogP) is 7.96. The van der Waals surface area contributed by atoms with Crippen LogP contribution >= 0.6 is 0 Å². The number of hydrogen-bond acceptors (Lipinski definition) is 4. The van der Waals surface area contributed by atoms with E-state index in [1.165, 1.54) is 62.5 Å². The van der Waals surface area contributed by atoms with E-state index in [4.69, 9.17) is 15.0 Å². The van der Waals surface area contributed by atoms with E-state index in [0.29, 0.717) is 6.54 Å². The number of aryl methyl sites for hydroxylation is 3. The molecule has 0 amide bonds. The van der Waals surface area contributed by atoms with Crippen molar-refractivity contribution in [2.75, 3.05) is 33.0 Å². The Labute approximate surface area is 237 Å². The zero-order chi connectivity index (χ0) is 27.5. The first-order chi connectivity index (χ1) is 19.4. The van der Waals surface area contributed by atoms with Gasteiger partial charge in [0.1, 0.15) is 6.54 Å². The average molecular weight is 539 g/mol. The molecule has 0 spiro atoms. The molecule has 0 aliphatic heterocycles. The molecule has 0 fully saturated rings. The molecule has 0 aliphatic rings. The van der Waals surface area contributed by atoms with Crippen molar-refractivity contribution in [2.24, 2.45) is 5.11 Å². The number of pyridine rings is 2. The van der Waals surface area contributed by atoms with Crippen LogP contribution in [0.1, 0.15) is 101 Å². The smallest absolute Gasteiger partial charge is 0.171 e. The van der Waals surface area contributed by atoms with E-state index < -0.39 is 0 Å². The molecule has 2 heterocycles. The number of ether oxygens (including phenoxy) is 2. The molecular weight excluding hydrogens is 486 g/mol. The molecule has 0 saturated carbocycles. The fourth-order valence-corrected chi connectivity index (χ4v) is 4.71. The first-order valence-electron chi connectivity index (χ1n) is 15.4. The van der Waals surface area contributed by atoms with Gasteiger partial charge in [0.15, 0.2) is 12.4 Å². The minimum Gasteiger partial charge on any atom is -0.381 e. The van der Waals surface area contributed by atoms with Crippen LogP contribution in [-0.4, -0.2) is 38.0 Å². The van der Waals surface area contributed by atoms with Crippen LogP contribution in [-0.2, 0) is 28.9 Å². The van der Waals surface area contributed by atoms with Crippen molar-refractivity contribution in [2.45, 2.75) is 109 Å². The van der Waals surface area contributed by atoms with E-state index in [1.54, 1.807) is 0 Å². The Morgan fingerprint density at radius 3 is 1.95 bits per heavy atom. The molecule has 2 aromatic rings. The van der Waals surface area contributed by atoms with Gasteiger partial charge >= 0.3 is 0 Å². The highest BCUT2D eigenvalue weighted by atomic mass is 16.5. The van der Waals surface area contributed by atoms with Crippen molar-refractivity contribution in [1.82, 2.24) is 4.98 Å². The molecule has 0 radical (unpaired) electrons. The summed E-state index contributed by atoms with van der Waals surface area (Å²) in [5.74, 6) is 0. The fraction of sp³-hybridized carbons (Fsp3) is 0.688. The van der Waals surface area contributed by atoms with Gasteiger partial charge in [-0.1, -0.05) is 56.1 Å². The van der Waals surface area contributed by atoms with Crippen molar-refractivity contribution in [1.29, 1.82) is 0 Å². The first-order valence-corrected chi connectivity index (χ1v) is 15.4. The van der Waals surface area contributed by atoms with Gasteiger partial charge in [0.2, 0.25) is 0 Å². The number of unbranched alkanes of at least 4 members (excludes halogenated alkanes) is 10. The second-order valence-corrected chi connectivity index (χ2v) is 10.4. The lowest BCUT2D eigenvalue weighted by molar-refractivity contribution is -0.697. The number of azide groups is 1. The molecule has 0 aromatic carbocycles. The SMILES string of the molecule is [N-]=[N+]=NCCCCCCOCCCc1ccc[n+](CCCCCCCCCCOCCCc2cccnc2)c1. The third kappa shape index (κ3) is 19.3. The number of rotatable bonds is 26. The van der Waals surface area contributed by atoms with Crippen molar-refractivity contribution >= 4 is 0 Å². The van der Waals surface area contributed by atoms with E-state index >= 15 is 0 Å². The molecule has 7 heteroatoms. The second kappa shape index (κ2) is 24.6. The van der Waals surface area contributed by atoms with Gasteiger partial charge in [-0.05, 0) is 74.6 Å². The van der Waals surface area contributed by atoms with Crippen LogP contribution in [0.2, 0.25) is 0 Å². The fourth-order valence-electron chi connectivity index (χ4n) is 4.71. The zero-order valence-corrected chi connectivity index (χ0v) is 24.2. The van der Waals surface area contributed by atoms with Gasteiger partial charge in [0.25, 0.3) is 0 Å². The quantitative estimate of drug-likeness (QED) is 0.0400. The van der Waals surface area contributed by atoms with E-state index in [1.807, 2.05) is 18.5 Å². The Morgan fingerprint density at radius 2 is 1.28 bits per heavy atom. The molecule has 7 nitrogen and oxygen atoms in total. The van der Waals surface area contributed by atoms with Crippen LogP contribution in [0.4, 0.5) is 0 Å². The van der Waals surface area contributed by atoms with E-state index in [0.717, 1.165) is 84.3 Å². The number of aromatic nitrogens is 2. The summed E-state index contributed by atoms with van der Waals surface area (Å²) < 4.78 is 13.9. The Morgan fingerprint density at radius 1 is 0.692 bits per heavy atom. The lowest BCUT2D eigenvalue weighted by atomic mass is 10.1. The van der Waals surface area contributed by atoms with Crippen molar-refractivity contribution in [3.63, 3.8) is 0 Å². The van der Waals surface area contributed by atoms with E-state index in [9.17, 15) is 0 Å². The maximum atomic E-state index is 8.25. The summed E-state index contributed by atoms with van der Waals surface area (Å²) in [6.45, 7) is 5.14. The topological polar surface area (TPSA) is 84.0 Å². The molecule has 0 N–H and O–H groups in total. The maximum Gasteiger partial charge on any atom is 0.171 e. The first kappa shape index (κ1) is 32.7. The third-order valence-electron chi connectivity index (χ3n) is 6.97. The Balaban J connectivity index is 1.33. The Bertz CT molecular complexity index is 874. The van der Waals surface area contributed by atoms with Crippen LogP contribution in [0.3, 0.4) is 0 Å². The molecule has 2 rings (SSSR count). The molecule has 216 valence electrons. The molecule has 0 atom stereocenters. The van der Waals surface area contributed by atoms with E-state index in [2.05, 4.69) is 50.2 Å². The molecule has 0 saturated heterocycles. The Kier molecular flexibility index (Phi) is 20.6. The van der Waals surface area contributed by atoms with Crippen LogP contribution in [0, 0.1) is 0 Å². The Hall–Kier alpha value is -2.47. The largest absolute Gasteiger partial charge is 0.381 e. The van der Waals surface area contributed by atoms with E-state index in [-0.39, 0.29) is 0 Å². The lowest BCUT2D eigenvalue weighted by Gasteiger charge is -2.05. The summed E-state index contributed by atoms with van der Waals surface area (Å²) in [5.41, 5.74) is 11.0. The highest BCUT2D eigenvalue weighted by Crippen LogP contribution is 2.09. The summed E-state index contributed by atoms with van der Waals surface area (Å²) in [4.78, 5) is 6.93. The number of nitrogens with zero attached hydrogens (tertiary/aromatic N) is 5. The minimum atomic E-state index is 0.612. The van der Waals surface area contributed by atoms with Crippen LogP contribution in [0.25, 0.3) is 10.4 Å². The van der Waals surface area contributed by atoms with Crippen LogP contribution in [0.15, 0.2) is 54.2 Å². The van der Waals surface area contributed by atoms with Gasteiger partial charge < -0.3 is 9.47 Å². The van der Waals surface area contributed by atoms with Crippen molar-refractivity contribution in [3.8, 4) is 0 Å². The molecule has 0 unspecified atom stereocenters. The summed E-state index contributed by atoms with van der Waals surface area (Å²) in [7, 11) is 0. The summed E-state index contributed by atoms with van der Waals surface area (Å²) in [6, 6.07) is 8.54. The van der Waals surface area contributed by atoms with Gasteiger partial charge in [-0.3, -0.25) is 4.98 Å². The van der Waals surface area contributed by atoms with Gasteiger partial charge in [-0.25, -0.2) is 4.57 Å². The zero-order valence-electron chi connectivity index (χ0n) is 24.2. The summed E-state index contributed by atoms with van der Waals surface area (Å²) in [6.07, 6.45) is 27.3. The molecular formula is C32H52N5O2+. The number of hydrogen-bond donors (Lipinski definition) is 0. The highest BCUT2D eigenvalue weighted by molar-refractivity contribution is 5.08. The molecule has 0 aliphatic carbocycles. The average Bonchev–Trinajstić information content (AvgIpc) is 2.97. The van der Waals surface area contributed by atoms with Gasteiger partial charge in [0, 0.05) is 68.3 Å². The predicted molar refractivity (Wildman–Crippen MR) is 159 cm³/mol. The third-order valence-corrected chi connectivity index (χ3v) is 6.97. The van der Waals surface area contributed by atoms with Crippen molar-refractivity contribution < 1.29 is 14.0 Å². The van der Waals surface area contributed by atoms with Crippen LogP contribution < -0.4 is 4.57 Å². The molecule has 2 aromatic heterocycles. The molecule has 0 bridgehead atoms. The van der Waals surface area contributed by atoms with Crippen LogP contribution in [0.5, 0.6) is 0 Å². The second-order valence-electron chi connectivity index (χ2n) is 10.4. The normalized spacial score (nSPS) is 11.0. The maximum absolute atomic E-state index is 8.25. The van der Waals surface area contributed by atoms with Crippen molar-refractivity contribution in [3.05, 3.63) is 70.6 Å².